The molecular weight excluding hydrogens is 387 g/mol. The van der Waals surface area contributed by atoms with Crippen molar-refractivity contribution in [1.82, 2.24) is 4.90 Å². The van der Waals surface area contributed by atoms with Gasteiger partial charge in [-0.2, -0.15) is 0 Å². The first-order valence-electron chi connectivity index (χ1n) is 8.22. The molecule has 0 atom stereocenters. The lowest BCUT2D eigenvalue weighted by Gasteiger charge is -2.13. The number of carbonyl (C=O) groups excluding carboxylic acids is 1. The highest BCUT2D eigenvalue weighted by Gasteiger charge is 2.32. The summed E-state index contributed by atoms with van der Waals surface area (Å²) >= 11 is 13.7. The van der Waals surface area contributed by atoms with Crippen LogP contribution in [-0.2, 0) is 4.79 Å². The second kappa shape index (κ2) is 7.87. The Morgan fingerprint density at radius 2 is 1.77 bits per heavy atom. The topological polar surface area (TPSA) is 32.7 Å². The number of hydrogen-bond donors (Lipinski definition) is 0. The lowest BCUT2D eigenvalue weighted by molar-refractivity contribution is -0.122. The van der Waals surface area contributed by atoms with Crippen molar-refractivity contribution in [2.75, 3.05) is 6.54 Å². The van der Waals surface area contributed by atoms with Crippen LogP contribution < -0.4 is 0 Å². The molecule has 0 unspecified atom stereocenters. The summed E-state index contributed by atoms with van der Waals surface area (Å²) in [7, 11) is 0. The van der Waals surface area contributed by atoms with Crippen molar-refractivity contribution in [3.63, 3.8) is 0 Å². The molecule has 1 heterocycles. The van der Waals surface area contributed by atoms with Crippen LogP contribution in [0, 0.1) is 13.8 Å². The fourth-order valence-electron chi connectivity index (χ4n) is 2.72. The number of amidine groups is 1. The van der Waals surface area contributed by atoms with Gasteiger partial charge in [-0.3, -0.25) is 9.69 Å². The van der Waals surface area contributed by atoms with E-state index < -0.39 is 0 Å². The molecule has 1 aliphatic heterocycles. The number of nitrogens with zero attached hydrogens (tertiary/aromatic N) is 2. The van der Waals surface area contributed by atoms with E-state index in [0.29, 0.717) is 26.7 Å². The van der Waals surface area contributed by atoms with Crippen LogP contribution in [0.2, 0.25) is 10.0 Å². The van der Waals surface area contributed by atoms with Gasteiger partial charge in [0.2, 0.25) is 0 Å². The van der Waals surface area contributed by atoms with Crippen molar-refractivity contribution in [1.29, 1.82) is 0 Å². The first-order valence-corrected chi connectivity index (χ1v) is 9.80. The van der Waals surface area contributed by atoms with Gasteiger partial charge in [0.25, 0.3) is 5.91 Å². The maximum Gasteiger partial charge on any atom is 0.266 e. The Kier molecular flexibility index (Phi) is 5.76. The molecule has 0 spiro atoms. The second-order valence-electron chi connectivity index (χ2n) is 5.94. The summed E-state index contributed by atoms with van der Waals surface area (Å²) in [5, 5.41) is 1.59. The smallest absolute Gasteiger partial charge is 0.266 e. The van der Waals surface area contributed by atoms with E-state index in [9.17, 15) is 4.79 Å². The predicted molar refractivity (Wildman–Crippen MR) is 112 cm³/mol. The molecule has 3 nitrogen and oxygen atoms in total. The highest BCUT2D eigenvalue weighted by atomic mass is 35.5. The van der Waals surface area contributed by atoms with Crippen molar-refractivity contribution >= 4 is 57.8 Å². The van der Waals surface area contributed by atoms with Crippen LogP contribution in [0.1, 0.15) is 23.6 Å². The number of carbonyl (C=O) groups is 1. The molecule has 0 aliphatic carbocycles. The summed E-state index contributed by atoms with van der Waals surface area (Å²) in [6.45, 7) is 6.53. The number of thioether (sulfide) groups is 1. The molecular formula is C20H18Cl2N2OS. The number of halogens is 2. The average molecular weight is 405 g/mol. The minimum Gasteiger partial charge on any atom is -0.287 e. The van der Waals surface area contributed by atoms with Crippen molar-refractivity contribution in [2.45, 2.75) is 20.8 Å². The first-order chi connectivity index (χ1) is 12.4. The van der Waals surface area contributed by atoms with Gasteiger partial charge in [0, 0.05) is 6.54 Å². The Hall–Kier alpha value is -1.75. The van der Waals surface area contributed by atoms with Gasteiger partial charge in [-0.25, -0.2) is 4.99 Å². The molecule has 6 heteroatoms. The standard InChI is InChI=1S/C20H18Cl2N2OS/c1-4-24-19(25)16(11-14-9-6-10-15(21)17(14)22)26-20(24)23-18-12(2)7-5-8-13(18)3/h5-11H,4H2,1-3H3/b16-11+,23-20?. The molecule has 1 amide bonds. The number of hydrogen-bond acceptors (Lipinski definition) is 3. The summed E-state index contributed by atoms with van der Waals surface area (Å²) in [6.07, 6.45) is 1.77. The summed E-state index contributed by atoms with van der Waals surface area (Å²) in [4.78, 5) is 19.8. The fraction of sp³-hybridized carbons (Fsp3) is 0.200. The van der Waals surface area contributed by atoms with Gasteiger partial charge in [0.15, 0.2) is 5.17 Å². The third kappa shape index (κ3) is 3.68. The van der Waals surface area contributed by atoms with Crippen LogP contribution in [0.15, 0.2) is 46.3 Å². The molecule has 0 bridgehead atoms. The van der Waals surface area contributed by atoms with Gasteiger partial charge in [-0.1, -0.05) is 53.5 Å². The second-order valence-corrected chi connectivity index (χ2v) is 7.73. The molecule has 2 aromatic carbocycles. The van der Waals surface area contributed by atoms with Crippen molar-refractivity contribution in [2.24, 2.45) is 4.99 Å². The number of aryl methyl sites for hydroxylation is 2. The summed E-state index contributed by atoms with van der Waals surface area (Å²) in [6, 6.07) is 11.4. The molecule has 134 valence electrons. The fourth-order valence-corrected chi connectivity index (χ4v) is 4.12. The third-order valence-corrected chi connectivity index (χ3v) is 5.96. The molecule has 0 aromatic heterocycles. The summed E-state index contributed by atoms with van der Waals surface area (Å²) in [5.41, 5.74) is 3.79. The monoisotopic (exact) mass is 404 g/mol. The third-order valence-electron chi connectivity index (χ3n) is 4.12. The Balaban J connectivity index is 2.02. The molecule has 1 saturated heterocycles. The zero-order chi connectivity index (χ0) is 18.8. The number of benzene rings is 2. The first kappa shape index (κ1) is 19.0. The Bertz CT molecular complexity index is 917. The number of rotatable bonds is 3. The van der Waals surface area contributed by atoms with Crippen LogP contribution in [0.4, 0.5) is 5.69 Å². The van der Waals surface area contributed by atoms with Crippen LogP contribution in [0.5, 0.6) is 0 Å². The van der Waals surface area contributed by atoms with Gasteiger partial charge >= 0.3 is 0 Å². The molecule has 0 N–H and O–H groups in total. The van der Waals surface area contributed by atoms with Gasteiger partial charge in [-0.15, -0.1) is 0 Å². The highest BCUT2D eigenvalue weighted by molar-refractivity contribution is 8.18. The van der Waals surface area contributed by atoms with E-state index in [1.54, 1.807) is 17.0 Å². The van der Waals surface area contributed by atoms with Gasteiger partial charge in [0.1, 0.15) is 0 Å². The number of para-hydroxylation sites is 1. The van der Waals surface area contributed by atoms with E-state index in [-0.39, 0.29) is 5.91 Å². The lowest BCUT2D eigenvalue weighted by atomic mass is 10.1. The Morgan fingerprint density at radius 3 is 2.42 bits per heavy atom. The van der Waals surface area contributed by atoms with E-state index in [2.05, 4.69) is 0 Å². The predicted octanol–water partition coefficient (Wildman–Crippen LogP) is 6.23. The largest absolute Gasteiger partial charge is 0.287 e. The zero-order valence-corrected chi connectivity index (χ0v) is 17.0. The van der Waals surface area contributed by atoms with Crippen LogP contribution >= 0.6 is 35.0 Å². The van der Waals surface area contributed by atoms with E-state index >= 15 is 0 Å². The summed E-state index contributed by atoms with van der Waals surface area (Å²) < 4.78 is 0. The SMILES string of the molecule is CCN1C(=O)/C(=C\c2cccc(Cl)c2Cl)SC1=Nc1c(C)cccc1C. The number of amides is 1. The molecule has 3 rings (SSSR count). The molecule has 0 saturated carbocycles. The quantitative estimate of drug-likeness (QED) is 0.567. The molecule has 0 radical (unpaired) electrons. The van der Waals surface area contributed by atoms with Crippen LogP contribution in [0.3, 0.4) is 0 Å². The van der Waals surface area contributed by atoms with Gasteiger partial charge < -0.3 is 0 Å². The summed E-state index contributed by atoms with van der Waals surface area (Å²) in [5.74, 6) is -0.0708. The minimum atomic E-state index is -0.0708. The van der Waals surface area contributed by atoms with Crippen molar-refractivity contribution in [3.8, 4) is 0 Å². The van der Waals surface area contributed by atoms with Crippen LogP contribution in [0.25, 0.3) is 6.08 Å². The molecule has 26 heavy (non-hydrogen) atoms. The average Bonchev–Trinajstić information content (AvgIpc) is 2.90. The van der Waals surface area contributed by atoms with E-state index in [1.807, 2.05) is 51.1 Å². The zero-order valence-electron chi connectivity index (χ0n) is 14.7. The normalized spacial score (nSPS) is 17.6. The van der Waals surface area contributed by atoms with E-state index in [0.717, 1.165) is 22.4 Å². The highest BCUT2D eigenvalue weighted by Crippen LogP contribution is 2.37. The number of aliphatic imine (C=N–C) groups is 1. The minimum absolute atomic E-state index is 0.0708. The lowest BCUT2D eigenvalue weighted by Crippen LogP contribution is -2.28. The number of likely N-dealkylation sites (N-methyl/N-ethyl adjacent to an activating group) is 1. The van der Waals surface area contributed by atoms with E-state index in [1.165, 1.54) is 11.8 Å². The Morgan fingerprint density at radius 1 is 1.12 bits per heavy atom. The van der Waals surface area contributed by atoms with E-state index in [4.69, 9.17) is 28.2 Å². The van der Waals surface area contributed by atoms with Crippen molar-refractivity contribution in [3.05, 3.63) is 68.0 Å². The van der Waals surface area contributed by atoms with Gasteiger partial charge in [-0.05, 0) is 61.4 Å². The maximum absolute atomic E-state index is 12.8. The van der Waals surface area contributed by atoms with Crippen LogP contribution in [-0.4, -0.2) is 22.5 Å². The Labute approximate surface area is 167 Å². The molecule has 1 fully saturated rings. The van der Waals surface area contributed by atoms with Crippen molar-refractivity contribution < 1.29 is 4.79 Å². The molecule has 2 aromatic rings. The van der Waals surface area contributed by atoms with Gasteiger partial charge in [0.05, 0.1) is 20.6 Å². The molecule has 1 aliphatic rings. The maximum atomic E-state index is 12.8.